The van der Waals surface area contributed by atoms with Crippen LogP contribution >= 0.6 is 23.2 Å². The van der Waals surface area contributed by atoms with Crippen molar-refractivity contribution in [2.45, 2.75) is 23.8 Å². The first-order chi connectivity index (χ1) is 13.0. The van der Waals surface area contributed by atoms with Gasteiger partial charge in [-0.05, 0) is 37.1 Å². The van der Waals surface area contributed by atoms with Crippen LogP contribution in [0, 0.1) is 0 Å². The monoisotopic (exact) mass is 423 g/mol. The Balaban J connectivity index is 1.67. The van der Waals surface area contributed by atoms with Gasteiger partial charge in [-0.1, -0.05) is 52.6 Å². The van der Waals surface area contributed by atoms with Crippen molar-refractivity contribution in [2.75, 3.05) is 6.54 Å². The van der Waals surface area contributed by atoms with E-state index in [1.54, 1.807) is 36.4 Å². The Bertz CT molecular complexity index is 1080. The molecule has 27 heavy (non-hydrogen) atoms. The van der Waals surface area contributed by atoms with E-state index in [1.807, 2.05) is 6.07 Å². The van der Waals surface area contributed by atoms with Crippen molar-refractivity contribution in [2.24, 2.45) is 0 Å². The maximum Gasteiger partial charge on any atom is 0.245 e. The molecule has 1 aliphatic heterocycles. The lowest BCUT2D eigenvalue weighted by Crippen LogP contribution is -2.31. The topological polar surface area (TPSA) is 76.3 Å². The summed E-state index contributed by atoms with van der Waals surface area (Å²) in [6.07, 6.45) is 1.30. The third-order valence-corrected chi connectivity index (χ3v) is 7.08. The Morgan fingerprint density at radius 1 is 1.11 bits per heavy atom. The summed E-state index contributed by atoms with van der Waals surface area (Å²) in [5.74, 6) is 0.632. The average molecular weight is 424 g/mol. The quantitative estimate of drug-likeness (QED) is 0.613. The molecular weight excluding hydrogens is 409 g/mol. The molecule has 1 fully saturated rings. The summed E-state index contributed by atoms with van der Waals surface area (Å²) >= 11 is 12.1. The number of hydrogen-bond acceptors (Lipinski definition) is 5. The zero-order valence-electron chi connectivity index (χ0n) is 14.0. The molecule has 0 amide bonds. The van der Waals surface area contributed by atoms with Crippen LogP contribution in [0.15, 0.2) is 57.9 Å². The number of aromatic nitrogens is 2. The minimum absolute atomic E-state index is 0.0770. The summed E-state index contributed by atoms with van der Waals surface area (Å²) in [5.41, 5.74) is 0.705. The molecule has 1 aliphatic rings. The molecule has 2 heterocycles. The molecule has 1 aromatic heterocycles. The van der Waals surface area contributed by atoms with Gasteiger partial charge >= 0.3 is 0 Å². The lowest BCUT2D eigenvalue weighted by molar-refractivity contribution is 0.290. The van der Waals surface area contributed by atoms with E-state index in [4.69, 9.17) is 27.7 Å². The van der Waals surface area contributed by atoms with Crippen LogP contribution in [-0.2, 0) is 10.0 Å². The fraction of sp³-hybridized carbons (Fsp3) is 0.222. The fourth-order valence-electron chi connectivity index (χ4n) is 3.17. The first-order valence-corrected chi connectivity index (χ1v) is 10.5. The lowest BCUT2D eigenvalue weighted by Gasteiger charge is -2.21. The van der Waals surface area contributed by atoms with Crippen LogP contribution in [0.4, 0.5) is 0 Å². The highest BCUT2D eigenvalue weighted by Crippen LogP contribution is 2.38. The lowest BCUT2D eigenvalue weighted by atomic mass is 10.2. The predicted octanol–water partition coefficient (Wildman–Crippen LogP) is 4.57. The second-order valence-corrected chi connectivity index (χ2v) is 8.87. The van der Waals surface area contributed by atoms with E-state index in [0.717, 1.165) is 0 Å². The number of benzene rings is 2. The number of halogens is 2. The van der Waals surface area contributed by atoms with E-state index >= 15 is 0 Å². The van der Waals surface area contributed by atoms with Gasteiger partial charge in [-0.2, -0.15) is 9.29 Å². The smallest absolute Gasteiger partial charge is 0.245 e. The number of rotatable bonds is 4. The Hall–Kier alpha value is -1.93. The van der Waals surface area contributed by atoms with E-state index in [1.165, 1.54) is 10.4 Å². The van der Waals surface area contributed by atoms with Gasteiger partial charge in [0.15, 0.2) is 0 Å². The van der Waals surface area contributed by atoms with Crippen LogP contribution in [0.3, 0.4) is 0 Å². The van der Waals surface area contributed by atoms with Gasteiger partial charge in [0.1, 0.15) is 10.9 Å². The third-order valence-electron chi connectivity index (χ3n) is 4.44. The summed E-state index contributed by atoms with van der Waals surface area (Å²) < 4.78 is 33.0. The van der Waals surface area contributed by atoms with Gasteiger partial charge < -0.3 is 4.52 Å². The molecule has 0 unspecified atom stereocenters. The molecule has 4 rings (SSSR count). The van der Waals surface area contributed by atoms with E-state index in [0.29, 0.717) is 35.8 Å². The zero-order valence-corrected chi connectivity index (χ0v) is 16.4. The second kappa shape index (κ2) is 7.24. The normalized spacial score (nSPS) is 18.1. The molecule has 3 aromatic rings. The van der Waals surface area contributed by atoms with E-state index in [-0.39, 0.29) is 15.8 Å². The predicted molar refractivity (Wildman–Crippen MR) is 102 cm³/mol. The van der Waals surface area contributed by atoms with E-state index < -0.39 is 16.1 Å². The molecule has 0 radical (unpaired) electrons. The van der Waals surface area contributed by atoms with Gasteiger partial charge in [0.25, 0.3) is 0 Å². The fourth-order valence-corrected chi connectivity index (χ4v) is 5.51. The van der Waals surface area contributed by atoms with Crippen molar-refractivity contribution in [3.05, 3.63) is 64.5 Å². The van der Waals surface area contributed by atoms with Crippen molar-refractivity contribution >= 4 is 33.2 Å². The van der Waals surface area contributed by atoms with Crippen molar-refractivity contribution in [1.29, 1.82) is 0 Å². The van der Waals surface area contributed by atoms with Gasteiger partial charge in [0.2, 0.25) is 21.7 Å². The highest BCUT2D eigenvalue weighted by molar-refractivity contribution is 7.89. The van der Waals surface area contributed by atoms with Crippen molar-refractivity contribution in [3.8, 4) is 11.4 Å². The van der Waals surface area contributed by atoms with E-state index in [2.05, 4.69) is 10.1 Å². The summed E-state index contributed by atoms with van der Waals surface area (Å²) in [4.78, 5) is 4.48. The molecule has 9 heteroatoms. The maximum absolute atomic E-state index is 13.1. The molecule has 2 aromatic carbocycles. The van der Waals surface area contributed by atoms with Crippen molar-refractivity contribution < 1.29 is 12.9 Å². The van der Waals surface area contributed by atoms with Gasteiger partial charge in [0.05, 0.1) is 5.02 Å². The highest BCUT2D eigenvalue weighted by atomic mass is 35.5. The summed E-state index contributed by atoms with van der Waals surface area (Å²) in [7, 11) is -3.78. The van der Waals surface area contributed by atoms with Crippen LogP contribution in [0.25, 0.3) is 11.4 Å². The highest BCUT2D eigenvalue weighted by Gasteiger charge is 2.40. The third kappa shape index (κ3) is 3.48. The van der Waals surface area contributed by atoms with Gasteiger partial charge in [-0.25, -0.2) is 8.42 Å². The SMILES string of the molecule is O=S(=O)(c1ccccc1Cl)N1CCC[C@H]1c1nc(-c2cccc(Cl)c2)no1. The minimum atomic E-state index is -3.78. The summed E-state index contributed by atoms with van der Waals surface area (Å²) in [6, 6.07) is 13.0. The molecular formula is C18H15Cl2N3O3S. The largest absolute Gasteiger partial charge is 0.337 e. The molecule has 1 atom stereocenters. The summed E-state index contributed by atoms with van der Waals surface area (Å²) in [5, 5.41) is 4.73. The Morgan fingerprint density at radius 3 is 2.70 bits per heavy atom. The summed E-state index contributed by atoms with van der Waals surface area (Å²) in [6.45, 7) is 0.368. The molecule has 140 valence electrons. The van der Waals surface area contributed by atoms with E-state index in [9.17, 15) is 8.42 Å². The number of sulfonamides is 1. The molecule has 0 aliphatic carbocycles. The van der Waals surface area contributed by atoms with Crippen LogP contribution in [0.5, 0.6) is 0 Å². The second-order valence-electron chi connectivity index (χ2n) is 6.17. The first-order valence-electron chi connectivity index (χ1n) is 8.33. The van der Waals surface area contributed by atoms with Crippen molar-refractivity contribution in [3.63, 3.8) is 0 Å². The number of hydrogen-bond donors (Lipinski definition) is 0. The van der Waals surface area contributed by atoms with Crippen molar-refractivity contribution in [1.82, 2.24) is 14.4 Å². The average Bonchev–Trinajstić information content (AvgIpc) is 3.31. The van der Waals surface area contributed by atoms with Gasteiger partial charge in [-0.15, -0.1) is 0 Å². The van der Waals surface area contributed by atoms with Crippen LogP contribution in [-0.4, -0.2) is 29.4 Å². The molecule has 1 saturated heterocycles. The Kier molecular flexibility index (Phi) is 4.94. The zero-order chi connectivity index (χ0) is 19.0. The number of nitrogens with zero attached hydrogens (tertiary/aromatic N) is 3. The van der Waals surface area contributed by atoms with Gasteiger partial charge in [0, 0.05) is 17.1 Å². The van der Waals surface area contributed by atoms with Crippen LogP contribution < -0.4 is 0 Å². The minimum Gasteiger partial charge on any atom is -0.337 e. The molecule has 0 spiro atoms. The Labute approximate surface area is 166 Å². The van der Waals surface area contributed by atoms with Gasteiger partial charge in [-0.3, -0.25) is 0 Å². The molecule has 6 nitrogen and oxygen atoms in total. The van der Waals surface area contributed by atoms with Crippen LogP contribution in [0.1, 0.15) is 24.8 Å². The Morgan fingerprint density at radius 2 is 1.93 bits per heavy atom. The molecule has 0 N–H and O–H groups in total. The maximum atomic E-state index is 13.1. The van der Waals surface area contributed by atoms with Crippen LogP contribution in [0.2, 0.25) is 10.0 Å². The first kappa shape index (κ1) is 18.4. The standard InChI is InChI=1S/C18H15Cl2N3O3S/c19-13-6-3-5-12(11-13)17-21-18(26-22-17)15-8-4-10-23(15)27(24,25)16-9-2-1-7-14(16)20/h1-3,5-7,9,11,15H,4,8,10H2/t15-/m0/s1. The molecule has 0 bridgehead atoms. The molecule has 0 saturated carbocycles.